The molecule has 0 spiro atoms. The predicted octanol–water partition coefficient (Wildman–Crippen LogP) is 4.36. The van der Waals surface area contributed by atoms with Crippen LogP contribution in [0, 0.1) is 5.41 Å². The molecule has 1 aliphatic carbocycles. The lowest BCUT2D eigenvalue weighted by Crippen LogP contribution is -2.15. The monoisotopic (exact) mass is 194 g/mol. The van der Waals surface area contributed by atoms with E-state index in [4.69, 9.17) is 0 Å². The second-order valence-corrected chi connectivity index (χ2v) is 5.03. The van der Waals surface area contributed by atoms with Gasteiger partial charge in [-0.3, -0.25) is 0 Å². The lowest BCUT2D eigenvalue weighted by Gasteiger charge is -2.27. The molecule has 1 N–H and O–H groups in total. The standard InChI is InChI=1S/C13H22O/c1-10(11(2)14)13(3,4)9-12-7-5-6-8-12/h7,14H,5-6,8-9H2,1-4H3. The normalized spacial score (nSPS) is 19.3. The Bertz CT molecular complexity index is 265. The molecule has 1 aliphatic rings. The summed E-state index contributed by atoms with van der Waals surface area (Å²) in [5.74, 6) is 0.480. The van der Waals surface area contributed by atoms with E-state index in [-0.39, 0.29) is 5.41 Å². The van der Waals surface area contributed by atoms with Crippen molar-refractivity contribution in [2.75, 3.05) is 0 Å². The average molecular weight is 194 g/mol. The van der Waals surface area contributed by atoms with Crippen molar-refractivity contribution >= 4 is 0 Å². The average Bonchev–Trinajstić information content (AvgIpc) is 2.54. The molecule has 0 bridgehead atoms. The fourth-order valence-electron chi connectivity index (χ4n) is 2.09. The van der Waals surface area contributed by atoms with Gasteiger partial charge < -0.3 is 5.11 Å². The molecule has 0 atom stereocenters. The molecule has 0 aromatic heterocycles. The van der Waals surface area contributed by atoms with Crippen molar-refractivity contribution in [1.29, 1.82) is 0 Å². The molecular weight excluding hydrogens is 172 g/mol. The molecule has 0 unspecified atom stereocenters. The molecule has 0 aromatic carbocycles. The van der Waals surface area contributed by atoms with E-state index in [1.807, 2.05) is 6.92 Å². The van der Waals surface area contributed by atoms with Gasteiger partial charge in [-0.25, -0.2) is 0 Å². The Morgan fingerprint density at radius 2 is 2.07 bits per heavy atom. The number of allylic oxidation sites excluding steroid dienone is 4. The van der Waals surface area contributed by atoms with Crippen LogP contribution in [0.2, 0.25) is 0 Å². The Labute approximate surface area is 87.5 Å². The van der Waals surface area contributed by atoms with Crippen molar-refractivity contribution in [3.8, 4) is 0 Å². The smallest absolute Gasteiger partial charge is 0.0886 e. The molecule has 0 amide bonds. The van der Waals surface area contributed by atoms with E-state index in [1.165, 1.54) is 19.3 Å². The zero-order valence-corrected chi connectivity index (χ0v) is 9.85. The second-order valence-electron chi connectivity index (χ2n) is 5.03. The summed E-state index contributed by atoms with van der Waals surface area (Å²) in [6.45, 7) is 8.23. The van der Waals surface area contributed by atoms with E-state index in [0.717, 1.165) is 12.0 Å². The first-order chi connectivity index (χ1) is 6.43. The van der Waals surface area contributed by atoms with E-state index < -0.39 is 0 Å². The van der Waals surface area contributed by atoms with Gasteiger partial charge >= 0.3 is 0 Å². The van der Waals surface area contributed by atoms with E-state index in [1.54, 1.807) is 12.5 Å². The Morgan fingerprint density at radius 3 is 2.50 bits per heavy atom. The highest BCUT2D eigenvalue weighted by Gasteiger charge is 2.24. The van der Waals surface area contributed by atoms with Gasteiger partial charge in [0.2, 0.25) is 0 Å². The fraction of sp³-hybridized carbons (Fsp3) is 0.692. The number of hydrogen-bond donors (Lipinski definition) is 1. The minimum absolute atomic E-state index is 0.106. The molecule has 0 fully saturated rings. The van der Waals surface area contributed by atoms with Crippen molar-refractivity contribution < 1.29 is 5.11 Å². The zero-order valence-electron chi connectivity index (χ0n) is 9.85. The molecule has 0 heterocycles. The highest BCUT2D eigenvalue weighted by atomic mass is 16.3. The van der Waals surface area contributed by atoms with Crippen LogP contribution in [0.4, 0.5) is 0 Å². The largest absolute Gasteiger partial charge is 0.513 e. The molecular formula is C13H22O. The summed E-state index contributed by atoms with van der Waals surface area (Å²) in [7, 11) is 0. The van der Waals surface area contributed by atoms with Gasteiger partial charge in [0.25, 0.3) is 0 Å². The lowest BCUT2D eigenvalue weighted by atomic mass is 9.78. The van der Waals surface area contributed by atoms with E-state index in [0.29, 0.717) is 5.76 Å². The van der Waals surface area contributed by atoms with Gasteiger partial charge in [-0.05, 0) is 50.5 Å². The highest BCUT2D eigenvalue weighted by molar-refractivity contribution is 5.19. The first kappa shape index (κ1) is 11.4. The maximum absolute atomic E-state index is 9.49. The van der Waals surface area contributed by atoms with Crippen LogP contribution in [-0.4, -0.2) is 5.11 Å². The van der Waals surface area contributed by atoms with Gasteiger partial charge in [-0.1, -0.05) is 25.5 Å². The summed E-state index contributed by atoms with van der Waals surface area (Å²) < 4.78 is 0. The molecule has 0 saturated heterocycles. The first-order valence-electron chi connectivity index (χ1n) is 5.48. The van der Waals surface area contributed by atoms with E-state index in [2.05, 4.69) is 19.9 Å². The van der Waals surface area contributed by atoms with Gasteiger partial charge in [-0.15, -0.1) is 0 Å². The van der Waals surface area contributed by atoms with Gasteiger partial charge in [0.05, 0.1) is 5.76 Å². The van der Waals surface area contributed by atoms with Crippen LogP contribution >= 0.6 is 0 Å². The van der Waals surface area contributed by atoms with Crippen LogP contribution < -0.4 is 0 Å². The summed E-state index contributed by atoms with van der Waals surface area (Å²) >= 11 is 0. The summed E-state index contributed by atoms with van der Waals surface area (Å²) in [5.41, 5.74) is 2.79. The molecule has 1 rings (SSSR count). The SMILES string of the molecule is CC(O)=C(C)C(C)(C)CC1=CCCC1. The third kappa shape index (κ3) is 2.63. The minimum atomic E-state index is 0.106. The third-order valence-corrected chi connectivity index (χ3v) is 3.36. The Balaban J connectivity index is 2.70. The summed E-state index contributed by atoms with van der Waals surface area (Å²) in [4.78, 5) is 0. The van der Waals surface area contributed by atoms with Gasteiger partial charge in [0, 0.05) is 0 Å². The lowest BCUT2D eigenvalue weighted by molar-refractivity contribution is 0.359. The van der Waals surface area contributed by atoms with Crippen LogP contribution in [0.25, 0.3) is 0 Å². The van der Waals surface area contributed by atoms with E-state index in [9.17, 15) is 5.11 Å². The summed E-state index contributed by atoms with van der Waals surface area (Å²) in [6.07, 6.45) is 7.26. The van der Waals surface area contributed by atoms with Crippen molar-refractivity contribution in [1.82, 2.24) is 0 Å². The van der Waals surface area contributed by atoms with Gasteiger partial charge in [0.1, 0.15) is 0 Å². The Hall–Kier alpha value is -0.720. The maximum atomic E-state index is 9.49. The fourth-order valence-corrected chi connectivity index (χ4v) is 2.09. The molecule has 1 heteroatoms. The summed E-state index contributed by atoms with van der Waals surface area (Å²) in [6, 6.07) is 0. The van der Waals surface area contributed by atoms with Crippen LogP contribution in [0.5, 0.6) is 0 Å². The highest BCUT2D eigenvalue weighted by Crippen LogP contribution is 2.37. The maximum Gasteiger partial charge on any atom is 0.0886 e. The summed E-state index contributed by atoms with van der Waals surface area (Å²) in [5, 5.41) is 9.49. The molecule has 0 aromatic rings. The predicted molar refractivity (Wildman–Crippen MR) is 61.3 cm³/mol. The molecule has 0 radical (unpaired) electrons. The van der Waals surface area contributed by atoms with E-state index >= 15 is 0 Å². The van der Waals surface area contributed by atoms with Gasteiger partial charge in [0.15, 0.2) is 0 Å². The topological polar surface area (TPSA) is 20.2 Å². The second kappa shape index (κ2) is 4.20. The van der Waals surface area contributed by atoms with Crippen molar-refractivity contribution in [2.24, 2.45) is 5.41 Å². The van der Waals surface area contributed by atoms with Crippen molar-refractivity contribution in [3.05, 3.63) is 23.0 Å². The number of aliphatic hydroxyl groups is 1. The van der Waals surface area contributed by atoms with Crippen LogP contribution in [0.15, 0.2) is 23.0 Å². The Morgan fingerprint density at radius 1 is 1.43 bits per heavy atom. The van der Waals surface area contributed by atoms with Crippen molar-refractivity contribution in [2.45, 2.75) is 53.4 Å². The number of rotatable bonds is 3. The molecule has 80 valence electrons. The Kier molecular flexibility index (Phi) is 3.41. The molecule has 0 aliphatic heterocycles. The van der Waals surface area contributed by atoms with Gasteiger partial charge in [-0.2, -0.15) is 0 Å². The first-order valence-corrected chi connectivity index (χ1v) is 5.48. The molecule has 0 saturated carbocycles. The number of aliphatic hydroxyl groups excluding tert-OH is 1. The number of hydrogen-bond acceptors (Lipinski definition) is 1. The van der Waals surface area contributed by atoms with Crippen LogP contribution in [0.3, 0.4) is 0 Å². The molecule has 14 heavy (non-hydrogen) atoms. The minimum Gasteiger partial charge on any atom is -0.513 e. The van der Waals surface area contributed by atoms with Crippen LogP contribution in [0.1, 0.15) is 53.4 Å². The zero-order chi connectivity index (χ0) is 10.8. The quantitative estimate of drug-likeness (QED) is 0.522. The third-order valence-electron chi connectivity index (χ3n) is 3.36. The molecule has 1 nitrogen and oxygen atoms in total. The van der Waals surface area contributed by atoms with Crippen LogP contribution in [-0.2, 0) is 0 Å². The van der Waals surface area contributed by atoms with Crippen molar-refractivity contribution in [3.63, 3.8) is 0 Å².